The van der Waals surface area contributed by atoms with Crippen molar-refractivity contribution in [1.29, 1.82) is 0 Å². The predicted octanol–water partition coefficient (Wildman–Crippen LogP) is 3.76. The summed E-state index contributed by atoms with van der Waals surface area (Å²) >= 11 is 1.71. The Kier molecular flexibility index (Phi) is 3.68. The van der Waals surface area contributed by atoms with Gasteiger partial charge in [-0.2, -0.15) is 0 Å². The van der Waals surface area contributed by atoms with Crippen molar-refractivity contribution >= 4 is 11.8 Å². The number of rotatable bonds is 3. The van der Waals surface area contributed by atoms with Crippen LogP contribution in [-0.2, 0) is 0 Å². The molecule has 2 atom stereocenters. The number of aliphatic hydroxyl groups excluding tert-OH is 1. The van der Waals surface area contributed by atoms with E-state index in [4.69, 9.17) is 4.74 Å². The molecule has 0 aromatic heterocycles. The lowest BCUT2D eigenvalue weighted by Gasteiger charge is -2.19. The number of hydrogen-bond acceptors (Lipinski definition) is 3. The first-order valence-electron chi connectivity index (χ1n) is 6.44. The van der Waals surface area contributed by atoms with Gasteiger partial charge in [0.15, 0.2) is 0 Å². The second-order valence-corrected chi connectivity index (χ2v) is 5.85. The number of benzene rings is 2. The van der Waals surface area contributed by atoms with Gasteiger partial charge in [-0.05, 0) is 23.8 Å². The maximum atomic E-state index is 14.1. The molecule has 1 heterocycles. The average Bonchev–Trinajstić information content (AvgIpc) is 2.90. The van der Waals surface area contributed by atoms with Gasteiger partial charge in [-0.25, -0.2) is 4.39 Å². The van der Waals surface area contributed by atoms with Crippen LogP contribution < -0.4 is 4.74 Å². The molecule has 20 heavy (non-hydrogen) atoms. The Labute approximate surface area is 121 Å². The predicted molar refractivity (Wildman–Crippen MR) is 77.8 cm³/mol. The Bertz CT molecular complexity index is 630. The van der Waals surface area contributed by atoms with Crippen LogP contribution in [-0.4, -0.2) is 18.0 Å². The summed E-state index contributed by atoms with van der Waals surface area (Å²) in [5, 5.41) is 10.5. The molecular weight excluding hydrogens is 275 g/mol. The fourth-order valence-electron chi connectivity index (χ4n) is 2.54. The third kappa shape index (κ3) is 2.30. The molecule has 0 saturated carbocycles. The van der Waals surface area contributed by atoms with Crippen molar-refractivity contribution < 1.29 is 14.2 Å². The fourth-order valence-corrected chi connectivity index (χ4v) is 3.82. The SMILES string of the molecule is COc1ccc(C(O)C2CSc3ccccc32)c(F)c1. The average molecular weight is 290 g/mol. The number of methoxy groups -OCH3 is 1. The van der Waals surface area contributed by atoms with Crippen LogP contribution >= 0.6 is 11.8 Å². The second kappa shape index (κ2) is 5.46. The van der Waals surface area contributed by atoms with E-state index in [2.05, 4.69) is 0 Å². The summed E-state index contributed by atoms with van der Waals surface area (Å²) in [4.78, 5) is 1.17. The molecule has 2 nitrogen and oxygen atoms in total. The number of hydrogen-bond donors (Lipinski definition) is 1. The number of thioether (sulfide) groups is 1. The largest absolute Gasteiger partial charge is 0.497 e. The standard InChI is InChI=1S/C16H15FO2S/c1-19-10-6-7-12(14(17)8-10)16(18)13-9-20-15-5-3-2-4-11(13)15/h2-8,13,16,18H,9H2,1H3. The number of fused-ring (bicyclic) bond motifs is 1. The molecule has 0 spiro atoms. The molecule has 3 rings (SSSR count). The van der Waals surface area contributed by atoms with Crippen molar-refractivity contribution in [3.63, 3.8) is 0 Å². The van der Waals surface area contributed by atoms with Crippen LogP contribution in [0.25, 0.3) is 0 Å². The third-order valence-corrected chi connectivity index (χ3v) is 4.85. The molecule has 0 aliphatic carbocycles. The van der Waals surface area contributed by atoms with E-state index in [0.29, 0.717) is 11.3 Å². The van der Waals surface area contributed by atoms with Gasteiger partial charge in [-0.1, -0.05) is 18.2 Å². The normalized spacial score (nSPS) is 18.6. The summed E-state index contributed by atoms with van der Waals surface area (Å²) in [6, 6.07) is 12.6. The summed E-state index contributed by atoms with van der Waals surface area (Å²) in [6.45, 7) is 0. The highest BCUT2D eigenvalue weighted by atomic mass is 32.2. The maximum Gasteiger partial charge on any atom is 0.132 e. The van der Waals surface area contributed by atoms with Crippen molar-refractivity contribution in [3.05, 3.63) is 59.4 Å². The summed E-state index contributed by atoms with van der Waals surface area (Å²) < 4.78 is 19.1. The molecule has 0 bridgehead atoms. The van der Waals surface area contributed by atoms with E-state index in [0.717, 1.165) is 11.3 Å². The van der Waals surface area contributed by atoms with Gasteiger partial charge in [-0.3, -0.25) is 0 Å². The van der Waals surface area contributed by atoms with Crippen molar-refractivity contribution in [2.24, 2.45) is 0 Å². The second-order valence-electron chi connectivity index (χ2n) is 4.79. The monoisotopic (exact) mass is 290 g/mol. The van der Waals surface area contributed by atoms with Crippen molar-refractivity contribution in [3.8, 4) is 5.75 Å². The first kappa shape index (κ1) is 13.5. The van der Waals surface area contributed by atoms with Crippen molar-refractivity contribution in [2.45, 2.75) is 16.9 Å². The van der Waals surface area contributed by atoms with E-state index in [1.807, 2.05) is 24.3 Å². The van der Waals surface area contributed by atoms with Crippen LogP contribution in [0.15, 0.2) is 47.4 Å². The molecule has 1 aliphatic heterocycles. The van der Waals surface area contributed by atoms with Crippen LogP contribution in [0.4, 0.5) is 4.39 Å². The van der Waals surface area contributed by atoms with Gasteiger partial charge in [0.05, 0.1) is 13.2 Å². The van der Waals surface area contributed by atoms with Crippen LogP contribution in [0.5, 0.6) is 5.75 Å². The summed E-state index contributed by atoms with van der Waals surface area (Å²) in [7, 11) is 1.49. The zero-order valence-corrected chi connectivity index (χ0v) is 11.9. The molecule has 2 aromatic rings. The first-order chi connectivity index (χ1) is 9.70. The quantitative estimate of drug-likeness (QED) is 0.933. The first-order valence-corrected chi connectivity index (χ1v) is 7.42. The molecule has 104 valence electrons. The zero-order chi connectivity index (χ0) is 14.1. The molecule has 0 radical (unpaired) electrons. The molecule has 1 aliphatic rings. The van der Waals surface area contributed by atoms with Crippen LogP contribution in [0.3, 0.4) is 0 Å². The van der Waals surface area contributed by atoms with E-state index in [-0.39, 0.29) is 5.92 Å². The summed E-state index contributed by atoms with van der Waals surface area (Å²) in [5.41, 5.74) is 1.42. The summed E-state index contributed by atoms with van der Waals surface area (Å²) in [6.07, 6.45) is -0.836. The van der Waals surface area contributed by atoms with Gasteiger partial charge < -0.3 is 9.84 Å². The molecule has 0 saturated heterocycles. The highest BCUT2D eigenvalue weighted by molar-refractivity contribution is 7.99. The number of aliphatic hydroxyl groups is 1. The lowest BCUT2D eigenvalue weighted by Crippen LogP contribution is -2.12. The molecule has 4 heteroatoms. The highest BCUT2D eigenvalue weighted by Crippen LogP contribution is 2.45. The van der Waals surface area contributed by atoms with E-state index < -0.39 is 11.9 Å². The molecular formula is C16H15FO2S. The summed E-state index contributed by atoms with van der Waals surface area (Å²) in [5.74, 6) is 0.733. The highest BCUT2D eigenvalue weighted by Gasteiger charge is 2.31. The van der Waals surface area contributed by atoms with E-state index in [1.165, 1.54) is 18.1 Å². The minimum absolute atomic E-state index is 0.0703. The minimum Gasteiger partial charge on any atom is -0.497 e. The van der Waals surface area contributed by atoms with Crippen LogP contribution in [0.2, 0.25) is 0 Å². The van der Waals surface area contributed by atoms with E-state index >= 15 is 0 Å². The van der Waals surface area contributed by atoms with Crippen molar-refractivity contribution in [1.82, 2.24) is 0 Å². The Balaban J connectivity index is 1.92. The molecule has 0 fully saturated rings. The van der Waals surface area contributed by atoms with Gasteiger partial charge in [0.2, 0.25) is 0 Å². The smallest absolute Gasteiger partial charge is 0.132 e. The number of ether oxygens (including phenoxy) is 1. The Morgan fingerprint density at radius 3 is 2.85 bits per heavy atom. The van der Waals surface area contributed by atoms with Gasteiger partial charge >= 0.3 is 0 Å². The lowest BCUT2D eigenvalue weighted by molar-refractivity contribution is 0.149. The zero-order valence-electron chi connectivity index (χ0n) is 11.0. The van der Waals surface area contributed by atoms with E-state index in [9.17, 15) is 9.50 Å². The number of halogens is 1. The third-order valence-electron chi connectivity index (χ3n) is 3.64. The van der Waals surface area contributed by atoms with Crippen LogP contribution in [0, 0.1) is 5.82 Å². The van der Waals surface area contributed by atoms with Gasteiger partial charge in [0.25, 0.3) is 0 Å². The molecule has 2 unspecified atom stereocenters. The van der Waals surface area contributed by atoms with Gasteiger partial charge in [0, 0.05) is 28.2 Å². The van der Waals surface area contributed by atoms with Gasteiger partial charge in [-0.15, -0.1) is 11.8 Å². The van der Waals surface area contributed by atoms with Crippen LogP contribution in [0.1, 0.15) is 23.1 Å². The van der Waals surface area contributed by atoms with E-state index in [1.54, 1.807) is 23.9 Å². The maximum absolute atomic E-state index is 14.1. The van der Waals surface area contributed by atoms with Crippen molar-refractivity contribution in [2.75, 3.05) is 12.9 Å². The van der Waals surface area contributed by atoms with Gasteiger partial charge in [0.1, 0.15) is 11.6 Å². The molecule has 2 aromatic carbocycles. The minimum atomic E-state index is -0.836. The lowest BCUT2D eigenvalue weighted by atomic mass is 9.90. The Morgan fingerprint density at radius 1 is 1.30 bits per heavy atom. The Hall–Kier alpha value is -1.52. The fraction of sp³-hybridized carbons (Fsp3) is 0.250. The molecule has 0 amide bonds. The Morgan fingerprint density at radius 2 is 2.10 bits per heavy atom. The molecule has 1 N–H and O–H groups in total. The topological polar surface area (TPSA) is 29.5 Å².